The van der Waals surface area contributed by atoms with Crippen molar-refractivity contribution in [3.05, 3.63) is 16.3 Å². The van der Waals surface area contributed by atoms with Gasteiger partial charge < -0.3 is 15.4 Å². The fraction of sp³-hybridized carbons (Fsp3) is 0.667. The molecule has 0 atom stereocenters. The van der Waals surface area contributed by atoms with Crippen LogP contribution in [0.25, 0.3) is 0 Å². The first-order chi connectivity index (χ1) is 9.10. The number of nitrogens with two attached hydrogens (primary N) is 1. The molecule has 1 aliphatic heterocycles. The molecule has 8 nitrogen and oxygen atoms in total. The van der Waals surface area contributed by atoms with Crippen LogP contribution in [0.1, 0.15) is 27.7 Å². The maximum Gasteiger partial charge on any atom is 0.329 e. The van der Waals surface area contributed by atoms with Gasteiger partial charge in [0.25, 0.3) is 0 Å². The van der Waals surface area contributed by atoms with Crippen LogP contribution in [0.5, 0.6) is 0 Å². The number of ether oxygens (including phenoxy) is 1. The zero-order chi connectivity index (χ0) is 15.1. The van der Waals surface area contributed by atoms with Crippen LogP contribution in [0.2, 0.25) is 0 Å². The van der Waals surface area contributed by atoms with E-state index in [4.69, 9.17) is 10.5 Å². The van der Waals surface area contributed by atoms with Crippen LogP contribution in [-0.2, 0) is 4.74 Å². The summed E-state index contributed by atoms with van der Waals surface area (Å²) in [6.07, 6.45) is 1.15. The second-order valence-electron chi connectivity index (χ2n) is 6.17. The van der Waals surface area contributed by atoms with Crippen molar-refractivity contribution in [3.8, 4) is 0 Å². The highest BCUT2D eigenvalue weighted by Gasteiger charge is 2.40. The van der Waals surface area contributed by atoms with E-state index in [1.54, 1.807) is 0 Å². The molecule has 0 aliphatic carbocycles. The van der Waals surface area contributed by atoms with E-state index < -0.39 is 16.1 Å². The third kappa shape index (κ3) is 2.96. The SMILES string of the molecule is CC1(C)CN(c2nc(N)ncc2[N+](=O)[O-])CC(C)(C)O1. The first-order valence-corrected chi connectivity index (χ1v) is 6.32. The van der Waals surface area contributed by atoms with Gasteiger partial charge in [-0.1, -0.05) is 0 Å². The molecule has 110 valence electrons. The summed E-state index contributed by atoms with van der Waals surface area (Å²) in [6.45, 7) is 8.75. The summed E-state index contributed by atoms with van der Waals surface area (Å²) in [5, 5.41) is 11.1. The number of morpholine rings is 1. The van der Waals surface area contributed by atoms with Gasteiger partial charge in [0.2, 0.25) is 11.8 Å². The average Bonchev–Trinajstić information content (AvgIpc) is 2.24. The molecule has 20 heavy (non-hydrogen) atoms. The minimum absolute atomic E-state index is 0.0210. The topological polar surface area (TPSA) is 107 Å². The summed E-state index contributed by atoms with van der Waals surface area (Å²) < 4.78 is 5.96. The predicted octanol–water partition coefficient (Wildman–Crippen LogP) is 1.36. The molecule has 2 rings (SSSR count). The number of anilines is 2. The largest absolute Gasteiger partial charge is 0.368 e. The Hall–Kier alpha value is -1.96. The van der Waals surface area contributed by atoms with E-state index in [0.29, 0.717) is 13.1 Å². The lowest BCUT2D eigenvalue weighted by molar-refractivity contribution is -0.384. The van der Waals surface area contributed by atoms with E-state index in [2.05, 4.69) is 9.97 Å². The molecule has 8 heteroatoms. The minimum Gasteiger partial charge on any atom is -0.368 e. The van der Waals surface area contributed by atoms with Crippen LogP contribution in [0.3, 0.4) is 0 Å². The standard InChI is InChI=1S/C12H19N5O3/c1-11(2)6-16(7-12(3,4)20-11)9-8(17(18)19)5-14-10(13)15-9/h5H,6-7H2,1-4H3,(H2,13,14,15). The third-order valence-corrected chi connectivity index (χ3v) is 2.96. The molecule has 2 heterocycles. The highest BCUT2D eigenvalue weighted by molar-refractivity contribution is 5.59. The molecule has 0 spiro atoms. The first kappa shape index (κ1) is 14.4. The van der Waals surface area contributed by atoms with Crippen LogP contribution < -0.4 is 10.6 Å². The Bertz CT molecular complexity index is 528. The Morgan fingerprint density at radius 1 is 1.35 bits per heavy atom. The molecule has 1 aliphatic rings. The lowest BCUT2D eigenvalue weighted by Crippen LogP contribution is -2.57. The van der Waals surface area contributed by atoms with Crippen molar-refractivity contribution in [2.75, 3.05) is 23.7 Å². The van der Waals surface area contributed by atoms with Crippen LogP contribution in [0, 0.1) is 10.1 Å². The Labute approximate surface area is 117 Å². The zero-order valence-electron chi connectivity index (χ0n) is 12.1. The summed E-state index contributed by atoms with van der Waals surface area (Å²) in [5.74, 6) is 0.264. The van der Waals surface area contributed by atoms with Crippen LogP contribution in [0.4, 0.5) is 17.5 Å². The summed E-state index contributed by atoms with van der Waals surface area (Å²) in [4.78, 5) is 20.2. The normalized spacial score (nSPS) is 20.7. The summed E-state index contributed by atoms with van der Waals surface area (Å²) >= 11 is 0. The first-order valence-electron chi connectivity index (χ1n) is 6.32. The maximum absolute atomic E-state index is 11.1. The second-order valence-corrected chi connectivity index (χ2v) is 6.17. The van der Waals surface area contributed by atoms with Crippen molar-refractivity contribution < 1.29 is 9.66 Å². The monoisotopic (exact) mass is 281 g/mol. The average molecular weight is 281 g/mol. The molecule has 1 aromatic rings. The third-order valence-electron chi connectivity index (χ3n) is 2.96. The number of aromatic nitrogens is 2. The van der Waals surface area contributed by atoms with Gasteiger partial charge in [0, 0.05) is 13.1 Å². The van der Waals surface area contributed by atoms with Crippen molar-refractivity contribution >= 4 is 17.5 Å². The van der Waals surface area contributed by atoms with Gasteiger partial charge in [-0.05, 0) is 27.7 Å². The smallest absolute Gasteiger partial charge is 0.329 e. The quantitative estimate of drug-likeness (QED) is 0.644. The molecule has 0 radical (unpaired) electrons. The van der Waals surface area contributed by atoms with Crippen molar-refractivity contribution in [1.82, 2.24) is 9.97 Å². The van der Waals surface area contributed by atoms with Crippen molar-refractivity contribution in [2.24, 2.45) is 0 Å². The Morgan fingerprint density at radius 3 is 2.40 bits per heavy atom. The number of nitro groups is 1. The zero-order valence-corrected chi connectivity index (χ0v) is 12.1. The Morgan fingerprint density at radius 2 is 1.90 bits per heavy atom. The minimum atomic E-state index is -0.496. The number of nitrogen functional groups attached to an aromatic ring is 1. The molecule has 2 N–H and O–H groups in total. The van der Waals surface area contributed by atoms with E-state index in [9.17, 15) is 10.1 Å². The second kappa shape index (κ2) is 4.55. The highest BCUT2D eigenvalue weighted by Crippen LogP contribution is 2.34. The number of hydrogen-bond donors (Lipinski definition) is 1. The van der Waals surface area contributed by atoms with Crippen LogP contribution >= 0.6 is 0 Å². The van der Waals surface area contributed by atoms with E-state index in [1.807, 2.05) is 32.6 Å². The number of hydrogen-bond acceptors (Lipinski definition) is 7. The van der Waals surface area contributed by atoms with Gasteiger partial charge in [-0.2, -0.15) is 4.98 Å². The van der Waals surface area contributed by atoms with Gasteiger partial charge in [0.05, 0.1) is 16.1 Å². The lowest BCUT2D eigenvalue weighted by atomic mass is 9.99. The van der Waals surface area contributed by atoms with Gasteiger partial charge in [-0.25, -0.2) is 4.98 Å². The van der Waals surface area contributed by atoms with Gasteiger partial charge >= 0.3 is 5.69 Å². The van der Waals surface area contributed by atoms with Crippen molar-refractivity contribution in [2.45, 2.75) is 38.9 Å². The molecule has 1 aromatic heterocycles. The summed E-state index contributed by atoms with van der Waals surface area (Å²) in [6, 6.07) is 0. The molecule has 0 bridgehead atoms. The molecule has 0 amide bonds. The van der Waals surface area contributed by atoms with Crippen LogP contribution in [0.15, 0.2) is 6.20 Å². The highest BCUT2D eigenvalue weighted by atomic mass is 16.6. The van der Waals surface area contributed by atoms with Gasteiger partial charge in [-0.3, -0.25) is 10.1 Å². The predicted molar refractivity (Wildman–Crippen MR) is 74.6 cm³/mol. The molecule has 0 saturated carbocycles. The Kier molecular flexibility index (Phi) is 3.29. The number of rotatable bonds is 2. The molecule has 1 saturated heterocycles. The summed E-state index contributed by atoms with van der Waals surface area (Å²) in [7, 11) is 0. The van der Waals surface area contributed by atoms with E-state index in [-0.39, 0.29) is 17.5 Å². The Balaban J connectivity index is 2.45. The van der Waals surface area contributed by atoms with Gasteiger partial charge in [0.15, 0.2) is 0 Å². The summed E-state index contributed by atoms with van der Waals surface area (Å²) in [5.41, 5.74) is 4.55. The molecular weight excluding hydrogens is 262 g/mol. The van der Waals surface area contributed by atoms with E-state index in [1.165, 1.54) is 0 Å². The van der Waals surface area contributed by atoms with E-state index >= 15 is 0 Å². The van der Waals surface area contributed by atoms with E-state index in [0.717, 1.165) is 6.20 Å². The van der Waals surface area contributed by atoms with Gasteiger partial charge in [0.1, 0.15) is 6.20 Å². The number of nitrogens with zero attached hydrogens (tertiary/aromatic N) is 4. The fourth-order valence-electron chi connectivity index (χ4n) is 2.68. The van der Waals surface area contributed by atoms with Crippen molar-refractivity contribution in [3.63, 3.8) is 0 Å². The molecule has 0 aromatic carbocycles. The fourth-order valence-corrected chi connectivity index (χ4v) is 2.68. The lowest BCUT2D eigenvalue weighted by Gasteiger charge is -2.47. The van der Waals surface area contributed by atoms with Crippen LogP contribution in [-0.4, -0.2) is 39.2 Å². The van der Waals surface area contributed by atoms with Crippen molar-refractivity contribution in [1.29, 1.82) is 0 Å². The molecule has 1 fully saturated rings. The molecular formula is C12H19N5O3. The molecule has 0 unspecified atom stereocenters. The van der Waals surface area contributed by atoms with Gasteiger partial charge in [-0.15, -0.1) is 0 Å². The maximum atomic E-state index is 11.1.